The van der Waals surface area contributed by atoms with E-state index in [1.54, 1.807) is 26.0 Å². The second-order valence-corrected chi connectivity index (χ2v) is 9.34. The average Bonchev–Trinajstić information content (AvgIpc) is 2.83. The number of benzene rings is 2. The van der Waals surface area contributed by atoms with Crippen molar-refractivity contribution in [3.63, 3.8) is 0 Å². The van der Waals surface area contributed by atoms with Crippen molar-refractivity contribution in [2.75, 3.05) is 44.3 Å². The minimum absolute atomic E-state index is 0.0910. The molecule has 2 aromatic carbocycles. The molecule has 1 heterocycles. The normalized spacial score (nSPS) is 15.1. The fraction of sp³-hybridized carbons (Fsp3) is 0.391. The van der Waals surface area contributed by atoms with Gasteiger partial charge < -0.3 is 9.64 Å². The quantitative estimate of drug-likeness (QED) is 0.485. The van der Waals surface area contributed by atoms with E-state index in [-0.39, 0.29) is 10.5 Å². The molecule has 0 unspecified atom stereocenters. The van der Waals surface area contributed by atoms with E-state index in [1.165, 1.54) is 16.4 Å². The molecular formula is C23H30N4O4S. The Morgan fingerprint density at radius 1 is 1.06 bits per heavy atom. The first-order chi connectivity index (χ1) is 15.4. The highest BCUT2D eigenvalue weighted by Crippen LogP contribution is 2.18. The number of rotatable bonds is 8. The molecule has 1 aliphatic rings. The van der Waals surface area contributed by atoms with Crippen molar-refractivity contribution in [3.8, 4) is 0 Å². The molecule has 0 spiro atoms. The van der Waals surface area contributed by atoms with Crippen LogP contribution in [0.1, 0.15) is 36.7 Å². The predicted molar refractivity (Wildman–Crippen MR) is 126 cm³/mol. The summed E-state index contributed by atoms with van der Waals surface area (Å²) in [6, 6.07) is 14.0. The van der Waals surface area contributed by atoms with Crippen molar-refractivity contribution in [1.82, 2.24) is 9.73 Å². The third kappa shape index (κ3) is 5.53. The summed E-state index contributed by atoms with van der Waals surface area (Å²) < 4.78 is 32.2. The maximum absolute atomic E-state index is 12.7. The van der Waals surface area contributed by atoms with Crippen molar-refractivity contribution in [3.05, 3.63) is 59.7 Å². The van der Waals surface area contributed by atoms with Crippen LogP contribution in [0.25, 0.3) is 0 Å². The van der Waals surface area contributed by atoms with Crippen LogP contribution in [-0.4, -0.2) is 63.7 Å². The number of nitrogens with one attached hydrogen (secondary N) is 1. The zero-order chi connectivity index (χ0) is 23.1. The van der Waals surface area contributed by atoms with Gasteiger partial charge in [-0.15, -0.1) is 0 Å². The second kappa shape index (κ2) is 10.7. The summed E-state index contributed by atoms with van der Waals surface area (Å²) in [7, 11) is -3.64. The van der Waals surface area contributed by atoms with Gasteiger partial charge in [-0.25, -0.2) is 13.8 Å². The minimum Gasteiger partial charge on any atom is -0.378 e. The lowest BCUT2D eigenvalue weighted by Crippen LogP contribution is -2.36. The Morgan fingerprint density at radius 3 is 2.34 bits per heavy atom. The maximum atomic E-state index is 12.7. The number of hydrogen-bond donors (Lipinski definition) is 1. The first-order valence-corrected chi connectivity index (χ1v) is 12.2. The van der Waals surface area contributed by atoms with Gasteiger partial charge in [-0.2, -0.15) is 9.41 Å². The lowest BCUT2D eigenvalue weighted by molar-refractivity contribution is 0.0954. The molecule has 32 heavy (non-hydrogen) atoms. The van der Waals surface area contributed by atoms with Gasteiger partial charge in [0.05, 0.1) is 23.8 Å². The molecule has 0 radical (unpaired) electrons. The fourth-order valence-electron chi connectivity index (χ4n) is 3.51. The van der Waals surface area contributed by atoms with Crippen molar-refractivity contribution >= 4 is 27.3 Å². The molecule has 0 saturated carbocycles. The summed E-state index contributed by atoms with van der Waals surface area (Å²) in [6.45, 7) is 9.29. The van der Waals surface area contributed by atoms with Gasteiger partial charge in [0, 0.05) is 37.4 Å². The van der Waals surface area contributed by atoms with Gasteiger partial charge >= 0.3 is 0 Å². The van der Waals surface area contributed by atoms with Crippen LogP contribution in [0.4, 0.5) is 5.69 Å². The van der Waals surface area contributed by atoms with Crippen LogP contribution in [0.15, 0.2) is 58.5 Å². The van der Waals surface area contributed by atoms with Crippen molar-refractivity contribution in [2.45, 2.75) is 25.7 Å². The lowest BCUT2D eigenvalue weighted by Gasteiger charge is -2.28. The molecule has 0 bridgehead atoms. The zero-order valence-corrected chi connectivity index (χ0v) is 19.6. The molecule has 3 rings (SSSR count). The highest BCUT2D eigenvalue weighted by Gasteiger charge is 2.22. The molecule has 1 fully saturated rings. The number of carbonyl (C=O) groups is 1. The summed E-state index contributed by atoms with van der Waals surface area (Å²) in [5.74, 6) is -0.467. The highest BCUT2D eigenvalue weighted by atomic mass is 32.2. The SMILES string of the molecule is CCN(CC)S(=O)(=O)c1cccc(C(=O)NN=C(C)c2ccc(N3CCOCC3)cc2)c1. The summed E-state index contributed by atoms with van der Waals surface area (Å²) in [4.78, 5) is 14.9. The van der Waals surface area contributed by atoms with Crippen LogP contribution in [-0.2, 0) is 14.8 Å². The van der Waals surface area contributed by atoms with E-state index in [2.05, 4.69) is 15.4 Å². The largest absolute Gasteiger partial charge is 0.378 e. The zero-order valence-electron chi connectivity index (χ0n) is 18.7. The molecule has 172 valence electrons. The average molecular weight is 459 g/mol. The van der Waals surface area contributed by atoms with Crippen LogP contribution >= 0.6 is 0 Å². The maximum Gasteiger partial charge on any atom is 0.271 e. The van der Waals surface area contributed by atoms with Gasteiger partial charge in [-0.05, 0) is 42.8 Å². The standard InChI is InChI=1S/C23H30N4O4S/c1-4-27(5-2)32(29,30)22-8-6-7-20(17-22)23(28)25-24-18(3)19-9-11-21(12-10-19)26-13-15-31-16-14-26/h6-12,17H,4-5,13-16H2,1-3H3,(H,25,28). The van der Waals surface area contributed by atoms with Crippen molar-refractivity contribution in [1.29, 1.82) is 0 Å². The van der Waals surface area contributed by atoms with Crippen molar-refractivity contribution < 1.29 is 17.9 Å². The Kier molecular flexibility index (Phi) is 8.00. The Bertz CT molecular complexity index is 1060. The van der Waals surface area contributed by atoms with Gasteiger partial charge in [0.25, 0.3) is 5.91 Å². The summed E-state index contributed by atoms with van der Waals surface area (Å²) >= 11 is 0. The van der Waals surface area contributed by atoms with Crippen LogP contribution in [0, 0.1) is 0 Å². The Labute approximate surface area is 189 Å². The monoisotopic (exact) mass is 458 g/mol. The topological polar surface area (TPSA) is 91.3 Å². The smallest absolute Gasteiger partial charge is 0.271 e. The number of amides is 1. The first kappa shape index (κ1) is 23.9. The van der Waals surface area contributed by atoms with Crippen molar-refractivity contribution in [2.24, 2.45) is 5.10 Å². The van der Waals surface area contributed by atoms with Crippen LogP contribution < -0.4 is 10.3 Å². The number of anilines is 1. The van der Waals surface area contributed by atoms with E-state index >= 15 is 0 Å². The molecule has 1 amide bonds. The Hall–Kier alpha value is -2.75. The summed E-state index contributed by atoms with van der Waals surface area (Å²) in [6.07, 6.45) is 0. The van der Waals surface area contributed by atoms with Crippen LogP contribution in [0.3, 0.4) is 0 Å². The van der Waals surface area contributed by atoms with E-state index in [0.717, 1.165) is 37.6 Å². The third-order valence-electron chi connectivity index (χ3n) is 5.43. The molecule has 1 saturated heterocycles. The summed E-state index contributed by atoms with van der Waals surface area (Å²) in [5.41, 5.74) is 5.42. The van der Waals surface area contributed by atoms with Gasteiger partial charge in [0.2, 0.25) is 10.0 Å². The van der Waals surface area contributed by atoms with Crippen LogP contribution in [0.5, 0.6) is 0 Å². The van der Waals surface area contributed by atoms with E-state index in [0.29, 0.717) is 18.8 Å². The van der Waals surface area contributed by atoms with E-state index in [1.807, 2.05) is 31.2 Å². The number of carbonyl (C=O) groups excluding carboxylic acids is 1. The van der Waals surface area contributed by atoms with Gasteiger partial charge in [0.1, 0.15) is 0 Å². The number of nitrogens with zero attached hydrogens (tertiary/aromatic N) is 3. The number of hydrogen-bond acceptors (Lipinski definition) is 6. The van der Waals surface area contributed by atoms with Gasteiger partial charge in [-0.1, -0.05) is 32.0 Å². The molecule has 1 N–H and O–H groups in total. The molecule has 0 aliphatic carbocycles. The van der Waals surface area contributed by atoms with E-state index in [4.69, 9.17) is 4.74 Å². The second-order valence-electron chi connectivity index (χ2n) is 7.40. The number of sulfonamides is 1. The number of hydrazone groups is 1. The minimum atomic E-state index is -3.64. The first-order valence-electron chi connectivity index (χ1n) is 10.7. The third-order valence-corrected chi connectivity index (χ3v) is 7.47. The molecule has 0 aromatic heterocycles. The summed E-state index contributed by atoms with van der Waals surface area (Å²) in [5, 5.41) is 4.20. The number of morpholine rings is 1. The van der Waals surface area contributed by atoms with Gasteiger partial charge in [-0.3, -0.25) is 4.79 Å². The lowest BCUT2D eigenvalue weighted by atomic mass is 10.1. The fourth-order valence-corrected chi connectivity index (χ4v) is 5.01. The molecule has 0 atom stereocenters. The molecule has 2 aromatic rings. The Balaban J connectivity index is 1.69. The Morgan fingerprint density at radius 2 is 1.72 bits per heavy atom. The van der Waals surface area contributed by atoms with Gasteiger partial charge in [0.15, 0.2) is 0 Å². The molecule has 1 aliphatic heterocycles. The van der Waals surface area contributed by atoms with Crippen LogP contribution in [0.2, 0.25) is 0 Å². The molecular weight excluding hydrogens is 428 g/mol. The van der Waals surface area contributed by atoms with E-state index < -0.39 is 15.9 Å². The predicted octanol–water partition coefficient (Wildman–Crippen LogP) is 2.71. The molecule has 8 nitrogen and oxygen atoms in total. The highest BCUT2D eigenvalue weighted by molar-refractivity contribution is 7.89. The van der Waals surface area contributed by atoms with E-state index in [9.17, 15) is 13.2 Å². The molecule has 9 heteroatoms. The number of ether oxygens (including phenoxy) is 1.